The molecule has 0 aliphatic carbocycles. The molecule has 0 unspecified atom stereocenters. The predicted molar refractivity (Wildman–Crippen MR) is 53.9 cm³/mol. The smallest absolute Gasteiger partial charge is 0.230 e. The molecule has 1 N–H and O–H groups in total. The van der Waals surface area contributed by atoms with Gasteiger partial charge in [-0.1, -0.05) is 0 Å². The Bertz CT molecular complexity index is 319. The molecule has 1 aliphatic rings. The van der Waals surface area contributed by atoms with Gasteiger partial charge in [0.15, 0.2) is 0 Å². The van der Waals surface area contributed by atoms with Gasteiger partial charge in [-0.05, 0) is 19.2 Å². The van der Waals surface area contributed by atoms with Crippen molar-refractivity contribution in [2.24, 2.45) is 5.92 Å². The van der Waals surface area contributed by atoms with E-state index in [4.69, 9.17) is 0 Å². The summed E-state index contributed by atoms with van der Waals surface area (Å²) in [5.74, 6) is 0.252. The normalized spacial score (nSPS) is 17.5. The zero-order valence-corrected chi connectivity index (χ0v) is 8.10. The Morgan fingerprint density at radius 1 is 1.50 bits per heavy atom. The molecule has 1 fully saturated rings. The molecule has 0 radical (unpaired) electrons. The lowest BCUT2D eigenvalue weighted by Gasteiger charge is -2.34. The third-order valence-corrected chi connectivity index (χ3v) is 2.38. The van der Waals surface area contributed by atoms with Crippen LogP contribution in [0, 0.1) is 5.92 Å². The molecule has 1 aromatic rings. The molecule has 1 amide bonds. The number of carbonyl (C=O) groups is 1. The molecular formula is C10H13N3O. The molecule has 0 saturated carbocycles. The molecule has 1 saturated heterocycles. The fourth-order valence-electron chi connectivity index (χ4n) is 1.54. The van der Waals surface area contributed by atoms with E-state index >= 15 is 0 Å². The van der Waals surface area contributed by atoms with Gasteiger partial charge in [-0.25, -0.2) is 0 Å². The fourth-order valence-corrected chi connectivity index (χ4v) is 1.54. The molecule has 1 aliphatic heterocycles. The maximum atomic E-state index is 11.6. The quantitative estimate of drug-likeness (QED) is 0.743. The maximum Gasteiger partial charge on any atom is 0.230 e. The van der Waals surface area contributed by atoms with Crippen molar-refractivity contribution in [3.8, 4) is 0 Å². The Morgan fingerprint density at radius 2 is 2.14 bits per heavy atom. The topological polar surface area (TPSA) is 45.2 Å². The van der Waals surface area contributed by atoms with Crippen molar-refractivity contribution < 1.29 is 4.79 Å². The van der Waals surface area contributed by atoms with E-state index in [1.165, 1.54) is 0 Å². The summed E-state index contributed by atoms with van der Waals surface area (Å²) in [6, 6.07) is 3.58. The van der Waals surface area contributed by atoms with Crippen molar-refractivity contribution in [3.05, 3.63) is 24.5 Å². The first-order valence-electron chi connectivity index (χ1n) is 4.65. The molecule has 4 nitrogen and oxygen atoms in total. The van der Waals surface area contributed by atoms with E-state index in [1.807, 2.05) is 7.05 Å². The Kier molecular flexibility index (Phi) is 2.45. The van der Waals surface area contributed by atoms with Crippen molar-refractivity contribution >= 4 is 11.6 Å². The molecule has 1 aromatic heterocycles. The molecule has 4 heteroatoms. The molecule has 0 spiro atoms. The highest BCUT2D eigenvalue weighted by molar-refractivity contribution is 5.93. The minimum absolute atomic E-state index is 0.106. The minimum atomic E-state index is 0.106. The number of hydrogen-bond donors (Lipinski definition) is 1. The van der Waals surface area contributed by atoms with Crippen molar-refractivity contribution in [1.82, 2.24) is 9.88 Å². The van der Waals surface area contributed by atoms with Gasteiger partial charge in [-0.3, -0.25) is 9.78 Å². The number of nitrogens with zero attached hydrogens (tertiary/aromatic N) is 2. The average Bonchev–Trinajstić information content (AvgIpc) is 2.14. The van der Waals surface area contributed by atoms with Crippen LogP contribution in [0.25, 0.3) is 0 Å². The summed E-state index contributed by atoms with van der Waals surface area (Å²) in [5, 5.41) is 2.86. The van der Waals surface area contributed by atoms with E-state index in [0.717, 1.165) is 18.8 Å². The van der Waals surface area contributed by atoms with Crippen molar-refractivity contribution in [3.63, 3.8) is 0 Å². The Labute approximate surface area is 82.9 Å². The number of rotatable bonds is 2. The van der Waals surface area contributed by atoms with Crippen LogP contribution in [0.2, 0.25) is 0 Å². The standard InChI is InChI=1S/C10H13N3O/c1-13-6-8(7-13)10(14)12-9-2-4-11-5-3-9/h2-5,8H,6-7H2,1H3,(H,11,12,14). The number of nitrogens with one attached hydrogen (secondary N) is 1. The third kappa shape index (κ3) is 1.90. The Balaban J connectivity index is 1.89. The number of carbonyl (C=O) groups excluding carboxylic acids is 1. The average molecular weight is 191 g/mol. The second-order valence-electron chi connectivity index (χ2n) is 3.64. The first-order chi connectivity index (χ1) is 6.75. The van der Waals surface area contributed by atoms with Crippen LogP contribution in [0.15, 0.2) is 24.5 Å². The molecule has 0 bridgehead atoms. The van der Waals surface area contributed by atoms with Gasteiger partial charge in [-0.15, -0.1) is 0 Å². The first-order valence-corrected chi connectivity index (χ1v) is 4.65. The molecule has 74 valence electrons. The van der Waals surface area contributed by atoms with Gasteiger partial charge < -0.3 is 10.2 Å². The molecule has 2 rings (SSSR count). The number of aromatic nitrogens is 1. The summed E-state index contributed by atoms with van der Waals surface area (Å²) in [7, 11) is 2.01. The van der Waals surface area contributed by atoms with Gasteiger partial charge in [0.1, 0.15) is 0 Å². The van der Waals surface area contributed by atoms with Crippen molar-refractivity contribution in [1.29, 1.82) is 0 Å². The molecular weight excluding hydrogens is 178 g/mol. The second kappa shape index (κ2) is 3.75. The van der Waals surface area contributed by atoms with E-state index in [2.05, 4.69) is 15.2 Å². The van der Waals surface area contributed by atoms with E-state index < -0.39 is 0 Å². The summed E-state index contributed by atoms with van der Waals surface area (Å²) >= 11 is 0. The zero-order chi connectivity index (χ0) is 9.97. The number of hydrogen-bond acceptors (Lipinski definition) is 3. The highest BCUT2D eigenvalue weighted by Gasteiger charge is 2.29. The van der Waals surface area contributed by atoms with Crippen LogP contribution in [-0.4, -0.2) is 35.9 Å². The fraction of sp³-hybridized carbons (Fsp3) is 0.400. The minimum Gasteiger partial charge on any atom is -0.326 e. The van der Waals surface area contributed by atoms with Crippen LogP contribution < -0.4 is 5.32 Å². The Hall–Kier alpha value is -1.42. The summed E-state index contributed by atoms with van der Waals surface area (Å²) in [5.41, 5.74) is 0.819. The van der Waals surface area contributed by atoms with Gasteiger partial charge >= 0.3 is 0 Å². The molecule has 2 heterocycles. The van der Waals surface area contributed by atoms with Crippen molar-refractivity contribution in [2.75, 3.05) is 25.5 Å². The highest BCUT2D eigenvalue weighted by Crippen LogP contribution is 2.15. The van der Waals surface area contributed by atoms with E-state index in [9.17, 15) is 4.79 Å². The lowest BCUT2D eigenvalue weighted by atomic mass is 10.0. The largest absolute Gasteiger partial charge is 0.326 e. The Morgan fingerprint density at radius 3 is 2.71 bits per heavy atom. The number of pyridine rings is 1. The number of anilines is 1. The SMILES string of the molecule is CN1CC(C(=O)Nc2ccncc2)C1. The van der Waals surface area contributed by atoms with Gasteiger partial charge in [0, 0.05) is 31.2 Å². The van der Waals surface area contributed by atoms with E-state index in [-0.39, 0.29) is 11.8 Å². The van der Waals surface area contributed by atoms with Gasteiger partial charge in [0.05, 0.1) is 5.92 Å². The molecule has 0 aromatic carbocycles. The van der Waals surface area contributed by atoms with Crippen LogP contribution in [0.3, 0.4) is 0 Å². The number of likely N-dealkylation sites (tertiary alicyclic amines) is 1. The third-order valence-electron chi connectivity index (χ3n) is 2.38. The zero-order valence-electron chi connectivity index (χ0n) is 8.10. The maximum absolute atomic E-state index is 11.6. The summed E-state index contributed by atoms with van der Waals surface area (Å²) in [4.78, 5) is 17.6. The molecule has 14 heavy (non-hydrogen) atoms. The predicted octanol–water partition coefficient (Wildman–Crippen LogP) is 0.582. The highest BCUT2D eigenvalue weighted by atomic mass is 16.2. The van der Waals surface area contributed by atoms with E-state index in [1.54, 1.807) is 24.5 Å². The van der Waals surface area contributed by atoms with Crippen LogP contribution in [0.4, 0.5) is 5.69 Å². The van der Waals surface area contributed by atoms with Gasteiger partial charge in [-0.2, -0.15) is 0 Å². The lowest BCUT2D eigenvalue weighted by molar-refractivity contribution is -0.124. The summed E-state index contributed by atoms with van der Waals surface area (Å²) in [6.45, 7) is 1.72. The van der Waals surface area contributed by atoms with Crippen LogP contribution in [0.5, 0.6) is 0 Å². The monoisotopic (exact) mass is 191 g/mol. The second-order valence-corrected chi connectivity index (χ2v) is 3.64. The summed E-state index contributed by atoms with van der Waals surface area (Å²) in [6.07, 6.45) is 3.34. The van der Waals surface area contributed by atoms with Crippen LogP contribution in [-0.2, 0) is 4.79 Å². The van der Waals surface area contributed by atoms with Crippen LogP contribution in [0.1, 0.15) is 0 Å². The van der Waals surface area contributed by atoms with Crippen LogP contribution >= 0.6 is 0 Å². The van der Waals surface area contributed by atoms with Gasteiger partial charge in [0.25, 0.3) is 0 Å². The molecule has 0 atom stereocenters. The first kappa shape index (κ1) is 9.15. The number of amides is 1. The lowest BCUT2D eigenvalue weighted by Crippen LogP contribution is -2.49. The summed E-state index contributed by atoms with van der Waals surface area (Å²) < 4.78 is 0. The van der Waals surface area contributed by atoms with E-state index in [0.29, 0.717) is 0 Å². The van der Waals surface area contributed by atoms with Gasteiger partial charge in [0.2, 0.25) is 5.91 Å². The van der Waals surface area contributed by atoms with Crippen molar-refractivity contribution in [2.45, 2.75) is 0 Å².